The Bertz CT molecular complexity index is 599. The van der Waals surface area contributed by atoms with Gasteiger partial charge in [-0.2, -0.15) is 0 Å². The van der Waals surface area contributed by atoms with Crippen LogP contribution in [-0.2, 0) is 4.57 Å². The van der Waals surface area contributed by atoms with Crippen LogP contribution < -0.4 is 78.2 Å². The first-order valence-corrected chi connectivity index (χ1v) is 6.25. The van der Waals surface area contributed by atoms with Crippen LogP contribution in [0.2, 0.25) is 0 Å². The van der Waals surface area contributed by atoms with E-state index >= 15 is 0 Å². The molecular formula is C11H9Na2O5P. The Hall–Kier alpha value is 0.450. The predicted molar refractivity (Wildman–Crippen MR) is 58.7 cm³/mol. The molecule has 0 fully saturated rings. The van der Waals surface area contributed by atoms with E-state index in [1.807, 2.05) is 0 Å². The van der Waals surface area contributed by atoms with Gasteiger partial charge in [0, 0.05) is 10.8 Å². The summed E-state index contributed by atoms with van der Waals surface area (Å²) in [5.74, 6) is 0.592. The Morgan fingerprint density at radius 2 is 1.42 bits per heavy atom. The average Bonchev–Trinajstić information content (AvgIpc) is 2.28. The molecule has 0 saturated carbocycles. The van der Waals surface area contributed by atoms with Gasteiger partial charge in [-0.3, -0.25) is 0 Å². The van der Waals surface area contributed by atoms with Crippen molar-refractivity contribution in [2.45, 2.75) is 0 Å². The Labute approximate surface area is 155 Å². The molecule has 0 amide bonds. The number of hydrogen-bond donors (Lipinski definition) is 0. The van der Waals surface area contributed by atoms with Crippen LogP contribution >= 0.6 is 7.82 Å². The minimum atomic E-state index is -5.06. The zero-order chi connectivity index (χ0) is 12.5. The minimum Gasteiger partial charge on any atom is -0.780 e. The van der Waals surface area contributed by atoms with Crippen molar-refractivity contribution >= 4 is 18.6 Å². The maximum absolute atomic E-state index is 10.6. The van der Waals surface area contributed by atoms with E-state index in [1.165, 1.54) is 13.2 Å². The van der Waals surface area contributed by atoms with Crippen LogP contribution in [0.1, 0.15) is 0 Å². The first-order chi connectivity index (χ1) is 8.01. The normalized spacial score (nSPS) is 10.3. The predicted octanol–water partition coefficient (Wildman–Crippen LogP) is -4.94. The molecule has 0 radical (unpaired) electrons. The van der Waals surface area contributed by atoms with Crippen LogP contribution in [0.15, 0.2) is 36.4 Å². The van der Waals surface area contributed by atoms with Gasteiger partial charge in [0.2, 0.25) is 0 Å². The van der Waals surface area contributed by atoms with Crippen molar-refractivity contribution < 1.29 is 82.7 Å². The van der Waals surface area contributed by atoms with E-state index in [-0.39, 0.29) is 64.9 Å². The summed E-state index contributed by atoms with van der Waals surface area (Å²) in [7, 11) is -3.55. The first-order valence-electron chi connectivity index (χ1n) is 4.78. The number of rotatable bonds is 3. The molecule has 19 heavy (non-hydrogen) atoms. The maximum Gasteiger partial charge on any atom is 1.00 e. The van der Waals surface area contributed by atoms with Gasteiger partial charge in [0.1, 0.15) is 19.3 Å². The number of methoxy groups -OCH3 is 1. The molecule has 0 atom stereocenters. The minimum absolute atomic E-state index is 0. The Kier molecular flexibility index (Phi) is 8.22. The monoisotopic (exact) mass is 298 g/mol. The summed E-state index contributed by atoms with van der Waals surface area (Å²) >= 11 is 0. The number of ether oxygens (including phenoxy) is 1. The van der Waals surface area contributed by atoms with Crippen molar-refractivity contribution in [3.63, 3.8) is 0 Å². The molecule has 2 aromatic carbocycles. The number of hydrogen-bond acceptors (Lipinski definition) is 5. The summed E-state index contributed by atoms with van der Waals surface area (Å²) in [5, 5.41) is 1.19. The van der Waals surface area contributed by atoms with E-state index in [1.54, 1.807) is 30.3 Å². The SMILES string of the molecule is COc1ccc(OP(=O)([O-])[O-])c2ccccc12.[Na+].[Na+]. The van der Waals surface area contributed by atoms with E-state index in [0.717, 1.165) is 0 Å². The molecule has 0 aliphatic heterocycles. The summed E-state index contributed by atoms with van der Waals surface area (Å²) in [5.41, 5.74) is 0. The van der Waals surface area contributed by atoms with Gasteiger partial charge in [0.25, 0.3) is 0 Å². The van der Waals surface area contributed by atoms with Crippen LogP contribution in [0, 0.1) is 0 Å². The number of phosphoric acid groups is 1. The fourth-order valence-corrected chi connectivity index (χ4v) is 2.02. The fraction of sp³-hybridized carbons (Fsp3) is 0.0909. The van der Waals surface area contributed by atoms with Gasteiger partial charge in [-0.1, -0.05) is 24.3 Å². The third kappa shape index (κ3) is 5.05. The van der Waals surface area contributed by atoms with Crippen molar-refractivity contribution in [2.75, 3.05) is 7.11 Å². The molecule has 0 bridgehead atoms. The maximum atomic E-state index is 10.6. The second kappa shape index (κ2) is 8.03. The van der Waals surface area contributed by atoms with E-state index < -0.39 is 7.82 Å². The molecule has 2 aromatic rings. The summed E-state index contributed by atoms with van der Waals surface area (Å²) < 4.78 is 20.2. The van der Waals surface area contributed by atoms with Gasteiger partial charge in [0.15, 0.2) is 0 Å². The number of fused-ring (bicyclic) bond motifs is 1. The van der Waals surface area contributed by atoms with Crippen LogP contribution in [0.25, 0.3) is 10.8 Å². The Morgan fingerprint density at radius 1 is 0.947 bits per heavy atom. The third-order valence-electron chi connectivity index (χ3n) is 2.27. The van der Waals surface area contributed by atoms with Crippen molar-refractivity contribution in [3.05, 3.63) is 36.4 Å². The summed E-state index contributed by atoms with van der Waals surface area (Å²) in [4.78, 5) is 21.2. The molecule has 0 aliphatic rings. The molecule has 5 nitrogen and oxygen atoms in total. The zero-order valence-electron chi connectivity index (χ0n) is 11.0. The van der Waals surface area contributed by atoms with Crippen molar-refractivity contribution in [1.82, 2.24) is 0 Å². The second-order valence-electron chi connectivity index (χ2n) is 3.35. The Morgan fingerprint density at radius 3 is 1.89 bits per heavy atom. The first kappa shape index (κ1) is 19.4. The summed E-state index contributed by atoms with van der Waals surface area (Å²) in [6.07, 6.45) is 0. The van der Waals surface area contributed by atoms with E-state index in [0.29, 0.717) is 16.5 Å². The van der Waals surface area contributed by atoms with Gasteiger partial charge < -0.3 is 23.6 Å². The third-order valence-corrected chi connectivity index (χ3v) is 2.69. The van der Waals surface area contributed by atoms with Crippen LogP contribution in [0.5, 0.6) is 11.5 Å². The number of benzene rings is 2. The van der Waals surface area contributed by atoms with Crippen molar-refractivity contribution in [3.8, 4) is 11.5 Å². The standard InChI is InChI=1S/C11H11O5P.2Na/c1-15-10-6-7-11(16-17(12,13)14)9-5-3-2-4-8(9)10;;/h2-7H,1H3,(H2,12,13,14);;/q;2*+1/p-2. The van der Waals surface area contributed by atoms with Gasteiger partial charge in [-0.05, 0) is 12.1 Å². The van der Waals surface area contributed by atoms with Crippen LogP contribution in [0.3, 0.4) is 0 Å². The Balaban J connectivity index is 0.00000162. The molecule has 90 valence electrons. The molecule has 0 N–H and O–H groups in total. The van der Waals surface area contributed by atoms with Gasteiger partial charge in [-0.25, -0.2) is 0 Å². The largest absolute Gasteiger partial charge is 1.00 e. The zero-order valence-corrected chi connectivity index (χ0v) is 15.8. The molecule has 0 saturated heterocycles. The summed E-state index contributed by atoms with van der Waals surface area (Å²) in [6, 6.07) is 9.85. The smallest absolute Gasteiger partial charge is 0.780 e. The average molecular weight is 298 g/mol. The molecule has 0 spiro atoms. The molecule has 8 heteroatoms. The molecule has 0 aromatic heterocycles. The van der Waals surface area contributed by atoms with Gasteiger partial charge >= 0.3 is 59.1 Å². The molecule has 0 heterocycles. The van der Waals surface area contributed by atoms with E-state index in [2.05, 4.69) is 4.52 Å². The van der Waals surface area contributed by atoms with Gasteiger partial charge in [-0.15, -0.1) is 0 Å². The van der Waals surface area contributed by atoms with E-state index in [4.69, 9.17) is 4.74 Å². The topological polar surface area (TPSA) is 81.7 Å². The second-order valence-corrected chi connectivity index (χ2v) is 4.43. The molecule has 0 unspecified atom stereocenters. The van der Waals surface area contributed by atoms with Crippen molar-refractivity contribution in [2.24, 2.45) is 0 Å². The summed E-state index contributed by atoms with van der Waals surface area (Å²) in [6.45, 7) is 0. The molecule has 0 aliphatic carbocycles. The molecular weight excluding hydrogens is 289 g/mol. The molecule has 2 rings (SSSR count). The van der Waals surface area contributed by atoms with Gasteiger partial charge in [0.05, 0.1) is 7.11 Å². The van der Waals surface area contributed by atoms with E-state index in [9.17, 15) is 14.4 Å². The van der Waals surface area contributed by atoms with Crippen LogP contribution in [-0.4, -0.2) is 7.11 Å². The van der Waals surface area contributed by atoms with Crippen molar-refractivity contribution in [1.29, 1.82) is 0 Å². The van der Waals surface area contributed by atoms with Crippen LogP contribution in [0.4, 0.5) is 0 Å². The number of phosphoric ester groups is 1. The quantitative estimate of drug-likeness (QED) is 0.419. The fourth-order valence-electron chi connectivity index (χ4n) is 1.62.